The van der Waals surface area contributed by atoms with Crippen LogP contribution < -0.4 is 14.8 Å². The monoisotopic (exact) mass is 267 g/mol. The van der Waals surface area contributed by atoms with Crippen molar-refractivity contribution in [1.82, 2.24) is 4.91 Å². The number of rotatable bonds is 4. The van der Waals surface area contributed by atoms with E-state index in [4.69, 9.17) is 21.9 Å². The summed E-state index contributed by atoms with van der Waals surface area (Å²) in [6.45, 7) is 1.74. The predicted octanol–water partition coefficient (Wildman–Crippen LogP) is 1.30. The Bertz CT molecular complexity index is 559. The molecule has 7 heteroatoms. The fraction of sp³-hybridized carbons (Fsp3) is 0.182. The van der Waals surface area contributed by atoms with E-state index in [9.17, 15) is 9.90 Å². The second-order valence-corrected chi connectivity index (χ2v) is 3.69. The lowest BCUT2D eigenvalue weighted by atomic mass is 10.1. The van der Waals surface area contributed by atoms with Crippen molar-refractivity contribution in [1.29, 1.82) is 5.53 Å². The number of carboxylic acids is 1. The number of hydrogen-bond donors (Lipinski definition) is 1. The van der Waals surface area contributed by atoms with E-state index < -0.39 is 11.7 Å². The summed E-state index contributed by atoms with van der Waals surface area (Å²) in [6, 6.07) is 3.23. The van der Waals surface area contributed by atoms with Crippen molar-refractivity contribution < 1.29 is 14.6 Å². The van der Waals surface area contributed by atoms with Crippen LogP contribution in [0.5, 0.6) is 5.75 Å². The molecule has 0 heterocycles. The molecular weight excluding hydrogens is 258 g/mol. The molecule has 1 aromatic carbocycles. The maximum Gasteiger partial charge on any atom is 0.220 e. The highest BCUT2D eigenvalue weighted by Crippen LogP contribution is 2.30. The van der Waals surface area contributed by atoms with Crippen molar-refractivity contribution in [3.8, 4) is 5.75 Å². The molecule has 6 nitrogen and oxygen atoms in total. The molecule has 1 N–H and O–H groups in total. The molecule has 1 rings (SSSR count). The highest BCUT2D eigenvalue weighted by Gasteiger charge is 2.10. The van der Waals surface area contributed by atoms with Crippen molar-refractivity contribution in [3.05, 3.63) is 34.0 Å². The molecule has 0 saturated carbocycles. The summed E-state index contributed by atoms with van der Waals surface area (Å²) in [7, 11) is 1.51. The normalized spacial score (nSPS) is 10.7. The first-order chi connectivity index (χ1) is 8.51. The average Bonchev–Trinajstić information content (AvgIpc) is 2.34. The van der Waals surface area contributed by atoms with Gasteiger partial charge in [0.05, 0.1) is 18.1 Å². The molecule has 0 aliphatic rings. The molecule has 0 saturated heterocycles. The zero-order chi connectivity index (χ0) is 13.7. The van der Waals surface area contributed by atoms with Gasteiger partial charge in [0.2, 0.25) is 4.91 Å². The Morgan fingerprint density at radius 2 is 2.28 bits per heavy atom. The van der Waals surface area contributed by atoms with Gasteiger partial charge in [-0.05, 0) is 30.7 Å². The van der Waals surface area contributed by atoms with E-state index in [1.54, 1.807) is 19.1 Å². The topological polar surface area (TPSA) is 99.7 Å². The zero-order valence-corrected chi connectivity index (χ0v) is 10.5. The van der Waals surface area contributed by atoms with Gasteiger partial charge in [0, 0.05) is 5.56 Å². The van der Waals surface area contributed by atoms with Crippen molar-refractivity contribution in [2.24, 2.45) is 5.11 Å². The molecule has 18 heavy (non-hydrogen) atoms. The molecule has 0 spiro atoms. The summed E-state index contributed by atoms with van der Waals surface area (Å²) in [5.41, 5.74) is 7.16. The van der Waals surface area contributed by atoms with Crippen molar-refractivity contribution in [2.75, 3.05) is 7.11 Å². The number of hydrogen-bond acceptors (Lipinski definition) is 5. The Hall–Kier alpha value is -2.17. The Labute approximate surface area is 108 Å². The van der Waals surface area contributed by atoms with Crippen LogP contribution >= 0.6 is 11.6 Å². The lowest BCUT2D eigenvalue weighted by Gasteiger charge is -2.08. The molecule has 0 aromatic heterocycles. The third-order valence-corrected chi connectivity index (χ3v) is 2.75. The molecule has 0 atom stereocenters. The fourth-order valence-corrected chi connectivity index (χ4v) is 1.56. The van der Waals surface area contributed by atoms with Crippen LogP contribution in [-0.2, 0) is 4.79 Å². The second kappa shape index (κ2) is 5.95. The first-order valence-electron chi connectivity index (χ1n) is 4.84. The number of nitrogens with one attached hydrogen (secondary N) is 1. The third kappa shape index (κ3) is 2.94. The Morgan fingerprint density at radius 1 is 1.61 bits per heavy atom. The average molecular weight is 268 g/mol. The highest BCUT2D eigenvalue weighted by atomic mass is 35.5. The van der Waals surface area contributed by atoms with Crippen LogP contribution in [0.1, 0.15) is 11.1 Å². The Kier molecular flexibility index (Phi) is 4.59. The van der Waals surface area contributed by atoms with Gasteiger partial charge >= 0.3 is 0 Å². The van der Waals surface area contributed by atoms with Gasteiger partial charge in [-0.2, -0.15) is 0 Å². The minimum atomic E-state index is -1.53. The van der Waals surface area contributed by atoms with Gasteiger partial charge < -0.3 is 14.6 Å². The number of nitrogens with zero attached hydrogens (tertiary/aromatic N) is 2. The van der Waals surface area contributed by atoms with E-state index >= 15 is 0 Å². The van der Waals surface area contributed by atoms with E-state index in [1.807, 2.05) is 0 Å². The maximum absolute atomic E-state index is 10.7. The van der Waals surface area contributed by atoms with E-state index in [2.05, 4.69) is 10.0 Å². The summed E-state index contributed by atoms with van der Waals surface area (Å²) < 4.78 is 5.07. The molecule has 0 aliphatic carbocycles. The van der Waals surface area contributed by atoms with E-state index in [0.29, 0.717) is 21.9 Å². The third-order valence-electron chi connectivity index (χ3n) is 2.25. The quantitative estimate of drug-likeness (QED) is 0.505. The lowest BCUT2D eigenvalue weighted by molar-refractivity contribution is -0.299. The predicted molar refractivity (Wildman–Crippen MR) is 63.0 cm³/mol. The van der Waals surface area contributed by atoms with Crippen LogP contribution in [0.25, 0.3) is 6.08 Å². The number of ether oxygens (including phenoxy) is 1. The first kappa shape index (κ1) is 13.9. The molecule has 94 valence electrons. The number of benzene rings is 1. The van der Waals surface area contributed by atoms with Gasteiger partial charge in [-0.1, -0.05) is 11.6 Å². The van der Waals surface area contributed by atoms with Crippen molar-refractivity contribution >= 4 is 23.6 Å². The van der Waals surface area contributed by atoms with Gasteiger partial charge in [0.15, 0.2) is 10.8 Å². The Balaban J connectivity index is 3.34. The Morgan fingerprint density at radius 3 is 2.78 bits per heavy atom. The molecule has 0 bridgehead atoms. The van der Waals surface area contributed by atoms with E-state index in [-0.39, 0.29) is 0 Å². The number of carbonyl (C=O) groups is 1. The standard InChI is InChI=1S/C11H10ClN3O3/c1-6-9(18-2)4-3-7(10(6)12)5-8(11(16)17)14-15-13/h3-5,13H,1-2H3/b8-5-. The first-order valence-corrected chi connectivity index (χ1v) is 5.22. The number of halogens is 1. The minimum absolute atomic E-state index is 0.341. The van der Waals surface area contributed by atoms with Gasteiger partial charge in [0.1, 0.15) is 11.3 Å². The number of carboxylic acid groups (broad SMARTS) is 1. The highest BCUT2D eigenvalue weighted by molar-refractivity contribution is 6.33. The maximum atomic E-state index is 10.7. The molecule has 0 aliphatic heterocycles. The summed E-state index contributed by atoms with van der Waals surface area (Å²) in [6.07, 6.45) is 1.18. The summed E-state index contributed by atoms with van der Waals surface area (Å²) in [4.78, 5) is 13.4. The van der Waals surface area contributed by atoms with Crippen LogP contribution in [0.2, 0.25) is 5.02 Å². The molecule has 0 amide bonds. The van der Waals surface area contributed by atoms with Gasteiger partial charge in [-0.15, -0.1) is 0 Å². The lowest BCUT2D eigenvalue weighted by Crippen LogP contribution is -2.23. The van der Waals surface area contributed by atoms with Crippen LogP contribution in [0.15, 0.2) is 22.9 Å². The van der Waals surface area contributed by atoms with Gasteiger partial charge in [0.25, 0.3) is 0 Å². The smallest absolute Gasteiger partial charge is 0.220 e. The van der Waals surface area contributed by atoms with Crippen LogP contribution in [-0.4, -0.2) is 13.1 Å². The van der Waals surface area contributed by atoms with Crippen molar-refractivity contribution in [3.63, 3.8) is 0 Å². The van der Waals surface area contributed by atoms with Crippen molar-refractivity contribution in [2.45, 2.75) is 6.92 Å². The zero-order valence-electron chi connectivity index (χ0n) is 9.73. The molecule has 0 radical (unpaired) electrons. The second-order valence-electron chi connectivity index (χ2n) is 3.31. The SMILES string of the molecule is COc1ccc(/C=C(\N=[N+]=N)C(=O)[O-])c(Cl)c1C. The molecular formula is C11H10ClN3O3. The van der Waals surface area contributed by atoms with Gasteiger partial charge in [-0.25, -0.2) is 0 Å². The largest absolute Gasteiger partial charge is 0.543 e. The number of carbonyl (C=O) groups excluding carboxylic acids is 1. The van der Waals surface area contributed by atoms with Crippen LogP contribution in [0.3, 0.4) is 0 Å². The summed E-state index contributed by atoms with van der Waals surface area (Å²) in [5.74, 6) is -0.940. The fourth-order valence-electron chi connectivity index (χ4n) is 1.35. The van der Waals surface area contributed by atoms with Crippen LogP contribution in [0, 0.1) is 12.5 Å². The number of methoxy groups -OCH3 is 1. The minimum Gasteiger partial charge on any atom is -0.543 e. The summed E-state index contributed by atoms with van der Waals surface area (Å²) in [5, 5.41) is 14.2. The number of aliphatic carboxylic acids is 1. The van der Waals surface area contributed by atoms with Crippen LogP contribution in [0.4, 0.5) is 0 Å². The van der Waals surface area contributed by atoms with Gasteiger partial charge in [-0.3, -0.25) is 0 Å². The molecule has 0 fully saturated rings. The van der Waals surface area contributed by atoms with E-state index in [1.165, 1.54) is 13.2 Å². The summed E-state index contributed by atoms with van der Waals surface area (Å²) >= 11 is 6.07. The van der Waals surface area contributed by atoms with E-state index in [0.717, 1.165) is 0 Å². The molecule has 0 unspecified atom stereocenters. The molecule has 1 aromatic rings.